The Kier molecular flexibility index (Phi) is 6.31. The summed E-state index contributed by atoms with van der Waals surface area (Å²) in [7, 11) is 3.40. The molecule has 0 radical (unpaired) electrons. The van der Waals surface area contributed by atoms with Crippen LogP contribution >= 0.6 is 0 Å². The summed E-state index contributed by atoms with van der Waals surface area (Å²) in [6.07, 6.45) is 5.44. The molecule has 1 amide bonds. The number of amides is 1. The number of nitrogens with zero attached hydrogens (tertiary/aromatic N) is 3. The fourth-order valence-electron chi connectivity index (χ4n) is 3.63. The van der Waals surface area contributed by atoms with Gasteiger partial charge >= 0.3 is 0 Å². The highest BCUT2D eigenvalue weighted by Crippen LogP contribution is 2.26. The van der Waals surface area contributed by atoms with E-state index in [0.29, 0.717) is 37.2 Å². The number of aliphatic hydroxyl groups is 1. The average molecular weight is 390 g/mol. The molecule has 0 unspecified atom stereocenters. The molecule has 3 rings (SSSR count). The van der Waals surface area contributed by atoms with Crippen molar-refractivity contribution in [3.8, 4) is 5.75 Å². The number of hydrogen-bond acceptors (Lipinski definition) is 5. The molecule has 2 heterocycles. The highest BCUT2D eigenvalue weighted by Gasteiger charge is 2.42. The van der Waals surface area contributed by atoms with Crippen molar-refractivity contribution >= 4 is 5.91 Å². The number of benzene rings is 1. The van der Waals surface area contributed by atoms with Gasteiger partial charge in [-0.2, -0.15) is 5.10 Å². The largest absolute Gasteiger partial charge is 0.497 e. The van der Waals surface area contributed by atoms with Crippen LogP contribution in [0, 0.1) is 5.82 Å². The maximum atomic E-state index is 14.2. The van der Waals surface area contributed by atoms with Crippen LogP contribution in [-0.4, -0.2) is 70.4 Å². The summed E-state index contributed by atoms with van der Waals surface area (Å²) in [5.41, 5.74) is -0.00662. The number of rotatable bonds is 8. The van der Waals surface area contributed by atoms with Crippen LogP contribution in [-0.2, 0) is 17.8 Å². The van der Waals surface area contributed by atoms with E-state index in [4.69, 9.17) is 4.74 Å². The predicted molar refractivity (Wildman–Crippen MR) is 102 cm³/mol. The summed E-state index contributed by atoms with van der Waals surface area (Å²) >= 11 is 0. The third kappa shape index (κ3) is 4.69. The highest BCUT2D eigenvalue weighted by molar-refractivity contribution is 5.86. The van der Waals surface area contributed by atoms with Gasteiger partial charge in [-0.15, -0.1) is 0 Å². The summed E-state index contributed by atoms with van der Waals surface area (Å²) in [5.74, 6) is -0.203. The molecule has 1 aliphatic heterocycles. The normalized spacial score (nSPS) is 20.0. The molecule has 1 aliphatic rings. The molecule has 1 saturated heterocycles. The van der Waals surface area contributed by atoms with Crippen LogP contribution in [0.25, 0.3) is 0 Å². The van der Waals surface area contributed by atoms with Gasteiger partial charge in [0.15, 0.2) is 5.60 Å². The number of carbonyl (C=O) groups excluding carboxylic acids is 1. The number of likely N-dealkylation sites (tertiary alicyclic amines) is 1. The van der Waals surface area contributed by atoms with E-state index in [9.17, 15) is 14.3 Å². The van der Waals surface area contributed by atoms with Crippen molar-refractivity contribution in [2.24, 2.45) is 0 Å². The van der Waals surface area contributed by atoms with Crippen molar-refractivity contribution in [3.63, 3.8) is 0 Å². The molecule has 152 valence electrons. The molecule has 0 aliphatic carbocycles. The Morgan fingerprint density at radius 1 is 1.46 bits per heavy atom. The topological polar surface area (TPSA) is 81.7 Å². The molecule has 0 saturated carbocycles. The lowest BCUT2D eigenvalue weighted by Crippen LogP contribution is -2.58. The van der Waals surface area contributed by atoms with E-state index in [-0.39, 0.29) is 24.8 Å². The molecular formula is C20H27FN4O3. The Hall–Kier alpha value is -2.45. The van der Waals surface area contributed by atoms with Gasteiger partial charge in [-0.05, 0) is 50.1 Å². The molecule has 2 N–H and O–H groups in total. The average Bonchev–Trinajstić information content (AvgIpc) is 3.19. The summed E-state index contributed by atoms with van der Waals surface area (Å²) in [6, 6.07) is 4.47. The first-order chi connectivity index (χ1) is 13.4. The van der Waals surface area contributed by atoms with Gasteiger partial charge in [0.1, 0.15) is 11.6 Å². The summed E-state index contributed by atoms with van der Waals surface area (Å²) in [5, 5.41) is 17.7. The standard InChI is InChI=1S/C20H27FN4O3/c1-24(9-6-15-11-22-23-12-15)14-20(27)7-3-8-25(19(20)26)13-16-10-17(28-2)4-5-18(16)21/h4-5,10-12,27H,3,6-9,13-14H2,1-2H3,(H,22,23)/t20-/m0/s1. The fourth-order valence-corrected chi connectivity index (χ4v) is 3.63. The van der Waals surface area contributed by atoms with Crippen LogP contribution in [0.3, 0.4) is 0 Å². The number of methoxy groups -OCH3 is 1. The lowest BCUT2D eigenvalue weighted by molar-refractivity contribution is -0.159. The number of carbonyl (C=O) groups is 1. The Labute approximate surface area is 164 Å². The molecule has 28 heavy (non-hydrogen) atoms. The minimum absolute atomic E-state index is 0.114. The second kappa shape index (κ2) is 8.70. The highest BCUT2D eigenvalue weighted by atomic mass is 19.1. The number of likely N-dealkylation sites (N-methyl/N-ethyl adjacent to an activating group) is 1. The van der Waals surface area contributed by atoms with Crippen molar-refractivity contribution < 1.29 is 19.0 Å². The lowest BCUT2D eigenvalue weighted by atomic mass is 9.90. The summed E-state index contributed by atoms with van der Waals surface area (Å²) in [6.45, 7) is 1.54. The number of halogens is 1. The van der Waals surface area contributed by atoms with Gasteiger partial charge in [0, 0.05) is 37.9 Å². The van der Waals surface area contributed by atoms with E-state index in [0.717, 1.165) is 12.0 Å². The molecule has 8 heteroatoms. The number of aromatic amines is 1. The van der Waals surface area contributed by atoms with Crippen molar-refractivity contribution in [2.75, 3.05) is 33.8 Å². The Morgan fingerprint density at radius 3 is 3.00 bits per heavy atom. The Bertz CT molecular complexity index is 799. The summed E-state index contributed by atoms with van der Waals surface area (Å²) < 4.78 is 19.3. The minimum Gasteiger partial charge on any atom is -0.497 e. The molecule has 1 atom stereocenters. The number of piperidine rings is 1. The maximum absolute atomic E-state index is 14.2. The van der Waals surface area contributed by atoms with Crippen LogP contribution < -0.4 is 4.74 Å². The molecule has 7 nitrogen and oxygen atoms in total. The number of H-pyrrole nitrogens is 1. The van der Waals surface area contributed by atoms with Crippen LogP contribution in [0.5, 0.6) is 5.75 Å². The third-order valence-corrected chi connectivity index (χ3v) is 5.19. The monoisotopic (exact) mass is 390 g/mol. The second-order valence-corrected chi connectivity index (χ2v) is 7.41. The fraction of sp³-hybridized carbons (Fsp3) is 0.500. The zero-order valence-corrected chi connectivity index (χ0v) is 16.3. The van der Waals surface area contributed by atoms with Gasteiger partial charge in [0.2, 0.25) is 0 Å². The van der Waals surface area contributed by atoms with Crippen LogP contribution in [0.1, 0.15) is 24.0 Å². The zero-order chi connectivity index (χ0) is 20.1. The van der Waals surface area contributed by atoms with Gasteiger partial charge in [-0.25, -0.2) is 4.39 Å². The van der Waals surface area contributed by atoms with E-state index in [1.54, 1.807) is 18.3 Å². The molecule has 0 spiro atoms. The smallest absolute Gasteiger partial charge is 0.256 e. The van der Waals surface area contributed by atoms with Crippen molar-refractivity contribution in [2.45, 2.75) is 31.4 Å². The molecular weight excluding hydrogens is 363 g/mol. The van der Waals surface area contributed by atoms with Crippen molar-refractivity contribution in [3.05, 3.63) is 47.5 Å². The molecule has 1 fully saturated rings. The first-order valence-corrected chi connectivity index (χ1v) is 9.41. The number of hydrogen-bond donors (Lipinski definition) is 2. The molecule has 2 aromatic rings. The first-order valence-electron chi connectivity index (χ1n) is 9.41. The molecule has 1 aromatic heterocycles. The summed E-state index contributed by atoms with van der Waals surface area (Å²) in [4.78, 5) is 16.4. The van der Waals surface area contributed by atoms with E-state index in [2.05, 4.69) is 10.2 Å². The van der Waals surface area contributed by atoms with E-state index < -0.39 is 5.60 Å². The molecule has 0 bridgehead atoms. The van der Waals surface area contributed by atoms with Gasteiger partial charge in [-0.1, -0.05) is 0 Å². The number of nitrogens with one attached hydrogen (secondary N) is 1. The Morgan fingerprint density at radius 2 is 2.29 bits per heavy atom. The zero-order valence-electron chi connectivity index (χ0n) is 16.3. The lowest BCUT2D eigenvalue weighted by Gasteiger charge is -2.40. The van der Waals surface area contributed by atoms with Crippen LogP contribution in [0.15, 0.2) is 30.6 Å². The first kappa shape index (κ1) is 20.3. The van der Waals surface area contributed by atoms with Crippen LogP contribution in [0.2, 0.25) is 0 Å². The maximum Gasteiger partial charge on any atom is 0.256 e. The van der Waals surface area contributed by atoms with Crippen molar-refractivity contribution in [1.82, 2.24) is 20.0 Å². The van der Waals surface area contributed by atoms with E-state index in [1.165, 1.54) is 18.1 Å². The SMILES string of the molecule is COc1ccc(F)c(CN2CCC[C@](O)(CN(C)CCc3cn[nH]c3)C2=O)c1. The Balaban J connectivity index is 1.63. The van der Waals surface area contributed by atoms with E-state index in [1.807, 2.05) is 18.1 Å². The minimum atomic E-state index is -1.46. The van der Waals surface area contributed by atoms with Gasteiger partial charge < -0.3 is 19.6 Å². The van der Waals surface area contributed by atoms with E-state index >= 15 is 0 Å². The van der Waals surface area contributed by atoms with Gasteiger partial charge in [0.05, 0.1) is 13.3 Å². The number of aromatic nitrogens is 2. The second-order valence-electron chi connectivity index (χ2n) is 7.41. The quantitative estimate of drug-likeness (QED) is 0.715. The van der Waals surface area contributed by atoms with Crippen molar-refractivity contribution in [1.29, 1.82) is 0 Å². The predicted octanol–water partition coefficient (Wildman–Crippen LogP) is 1.59. The molecule has 1 aromatic carbocycles. The third-order valence-electron chi connectivity index (χ3n) is 5.19. The van der Waals surface area contributed by atoms with Gasteiger partial charge in [0.25, 0.3) is 5.91 Å². The number of ether oxygens (including phenoxy) is 1. The van der Waals surface area contributed by atoms with Gasteiger partial charge in [-0.3, -0.25) is 9.89 Å². The van der Waals surface area contributed by atoms with Crippen LogP contribution in [0.4, 0.5) is 4.39 Å².